The minimum absolute atomic E-state index is 0.0510. The van der Waals surface area contributed by atoms with E-state index in [0.29, 0.717) is 36.4 Å². The summed E-state index contributed by atoms with van der Waals surface area (Å²) in [5, 5.41) is 2.60. The highest BCUT2D eigenvalue weighted by molar-refractivity contribution is 5.72. The van der Waals surface area contributed by atoms with Gasteiger partial charge in [-0.1, -0.05) is 5.21 Å². The molecule has 1 atom stereocenters. The van der Waals surface area contributed by atoms with E-state index in [0.717, 1.165) is 12.1 Å². The number of aromatic amines is 1. The second kappa shape index (κ2) is 6.19. The van der Waals surface area contributed by atoms with Crippen molar-refractivity contribution in [3.05, 3.63) is 28.7 Å². The van der Waals surface area contributed by atoms with Crippen LogP contribution in [0.2, 0.25) is 0 Å². The van der Waals surface area contributed by atoms with Crippen molar-refractivity contribution < 1.29 is 22.5 Å². The van der Waals surface area contributed by atoms with Crippen LogP contribution in [0.4, 0.5) is 13.2 Å². The van der Waals surface area contributed by atoms with Crippen molar-refractivity contribution in [2.24, 2.45) is 0 Å². The monoisotopic (exact) mass is 346 g/mol. The molecule has 1 aliphatic heterocycles. The van der Waals surface area contributed by atoms with Crippen molar-refractivity contribution in [3.8, 4) is 0 Å². The summed E-state index contributed by atoms with van der Waals surface area (Å²) in [6.45, 7) is 2.46. The molecule has 1 N–H and O–H groups in total. The highest BCUT2D eigenvalue weighted by atomic mass is 19.4. The van der Waals surface area contributed by atoms with E-state index in [1.165, 1.54) is 6.07 Å². The van der Waals surface area contributed by atoms with Crippen LogP contribution in [0.25, 0.3) is 11.0 Å². The van der Waals surface area contributed by atoms with E-state index in [2.05, 4.69) is 10.1 Å². The number of halogens is 3. The Bertz CT molecular complexity index is 777. The number of alkyl halides is 3. The highest BCUT2D eigenvalue weighted by Gasteiger charge is 2.35. The maximum Gasteiger partial charge on any atom is 0.416 e. The Balaban J connectivity index is 2.09. The number of ether oxygens (including phenoxy) is 1. The summed E-state index contributed by atoms with van der Waals surface area (Å²) in [7, 11) is 3.69. The molecule has 132 valence electrons. The molecule has 2 aromatic rings. The lowest BCUT2D eigenvalue weighted by atomic mass is 10.2. The number of H-pyrrole nitrogens is 1. The van der Waals surface area contributed by atoms with Gasteiger partial charge in [0.1, 0.15) is 0 Å². The molecule has 0 aliphatic carbocycles. The van der Waals surface area contributed by atoms with Crippen LogP contribution in [0.1, 0.15) is 11.9 Å². The fourth-order valence-corrected chi connectivity index (χ4v) is 2.98. The number of morpholine rings is 1. The fourth-order valence-electron chi connectivity index (χ4n) is 2.98. The SMILES string of the molecule is CN(C)C(N1CCOCC1)n1[nH][n+](=O)c2cc(C(F)(F)F)ccc21. The first-order chi connectivity index (χ1) is 11.3. The van der Waals surface area contributed by atoms with Gasteiger partial charge in [0.15, 0.2) is 0 Å². The average molecular weight is 346 g/mol. The van der Waals surface area contributed by atoms with Gasteiger partial charge in [0.2, 0.25) is 17.3 Å². The van der Waals surface area contributed by atoms with Gasteiger partial charge >= 0.3 is 6.18 Å². The molecule has 0 bridgehead atoms. The molecule has 1 fully saturated rings. The number of benzene rings is 1. The third-order valence-electron chi connectivity index (χ3n) is 4.04. The molecule has 3 rings (SSSR count). The van der Waals surface area contributed by atoms with Crippen molar-refractivity contribution in [2.45, 2.75) is 12.5 Å². The van der Waals surface area contributed by atoms with Crippen LogP contribution in [0.15, 0.2) is 18.2 Å². The molecule has 7 nitrogen and oxygen atoms in total. The van der Waals surface area contributed by atoms with E-state index >= 15 is 0 Å². The summed E-state index contributed by atoms with van der Waals surface area (Å²) >= 11 is 0. The number of hydrogen-bond acceptors (Lipinski definition) is 4. The zero-order valence-electron chi connectivity index (χ0n) is 13.4. The maximum atomic E-state index is 12.9. The van der Waals surface area contributed by atoms with Crippen molar-refractivity contribution in [1.29, 1.82) is 0 Å². The van der Waals surface area contributed by atoms with Crippen molar-refractivity contribution >= 4 is 11.0 Å². The standard InChI is InChI=1S/C14H19F3N5O2/c1-19(2)13(20-5-7-24-8-6-20)21-11-4-3-10(14(15,16)17)9-12(11)22(23)18-21/h3-4,9,13H,5-8H2,1-2H3,(H,18,23)/q+1. The molecule has 1 aromatic heterocycles. The number of rotatable bonds is 3. The molecule has 24 heavy (non-hydrogen) atoms. The Kier molecular flexibility index (Phi) is 4.37. The minimum atomic E-state index is -4.49. The largest absolute Gasteiger partial charge is 0.416 e. The fraction of sp³-hybridized carbons (Fsp3) is 0.571. The maximum absolute atomic E-state index is 12.9. The Morgan fingerprint density at radius 2 is 1.96 bits per heavy atom. The Hall–Kier alpha value is -1.91. The molecule has 1 saturated heterocycles. The lowest BCUT2D eigenvalue weighted by Crippen LogP contribution is -2.47. The number of nitrogens with zero attached hydrogens (tertiary/aromatic N) is 4. The second-order valence-corrected chi connectivity index (χ2v) is 5.92. The number of fused-ring (bicyclic) bond motifs is 1. The predicted molar refractivity (Wildman–Crippen MR) is 79.8 cm³/mol. The Morgan fingerprint density at radius 3 is 2.54 bits per heavy atom. The van der Waals surface area contributed by atoms with Crippen LogP contribution in [0, 0.1) is 4.91 Å². The van der Waals surface area contributed by atoms with Gasteiger partial charge in [-0.2, -0.15) is 13.2 Å². The Labute approximate surface area is 135 Å². The van der Waals surface area contributed by atoms with Crippen LogP contribution < -0.4 is 4.54 Å². The summed E-state index contributed by atoms with van der Waals surface area (Å²) in [5.74, 6) is 0. The van der Waals surface area contributed by atoms with E-state index in [1.54, 1.807) is 4.68 Å². The summed E-state index contributed by atoms with van der Waals surface area (Å²) < 4.78 is 45.9. The molecular formula is C14H19F3N5O2+. The summed E-state index contributed by atoms with van der Waals surface area (Å²) in [4.78, 5) is 16.1. The van der Waals surface area contributed by atoms with Crippen LogP contribution >= 0.6 is 0 Å². The van der Waals surface area contributed by atoms with Crippen LogP contribution in [0.3, 0.4) is 0 Å². The molecule has 2 heterocycles. The summed E-state index contributed by atoms with van der Waals surface area (Å²) in [6.07, 6.45) is -4.82. The van der Waals surface area contributed by atoms with Gasteiger partial charge in [0.25, 0.3) is 0 Å². The smallest absolute Gasteiger partial charge is 0.379 e. The van der Waals surface area contributed by atoms with Gasteiger partial charge in [-0.05, 0) is 31.1 Å². The van der Waals surface area contributed by atoms with Crippen LogP contribution in [0.5, 0.6) is 0 Å². The van der Waals surface area contributed by atoms with Crippen LogP contribution in [-0.4, -0.2) is 60.1 Å². The quantitative estimate of drug-likeness (QED) is 0.850. The molecule has 1 aromatic carbocycles. The molecule has 0 saturated carbocycles. The molecule has 1 aliphatic rings. The highest BCUT2D eigenvalue weighted by Crippen LogP contribution is 2.31. The van der Waals surface area contributed by atoms with Crippen molar-refractivity contribution in [1.82, 2.24) is 19.7 Å². The third kappa shape index (κ3) is 3.04. The molecule has 0 radical (unpaired) electrons. The first-order valence-corrected chi connectivity index (χ1v) is 7.51. The lowest BCUT2D eigenvalue weighted by molar-refractivity contribution is -0.542. The number of hydrogen-bond donors (Lipinski definition) is 1. The minimum Gasteiger partial charge on any atom is -0.379 e. The molecule has 10 heteroatoms. The van der Waals surface area contributed by atoms with Gasteiger partial charge in [-0.25, -0.2) is 4.90 Å². The van der Waals surface area contributed by atoms with Gasteiger partial charge in [-0.15, -0.1) is 4.68 Å². The second-order valence-electron chi connectivity index (χ2n) is 5.92. The van der Waals surface area contributed by atoms with E-state index in [4.69, 9.17) is 4.74 Å². The number of nitrogens with one attached hydrogen (secondary N) is 1. The number of aromatic nitrogens is 3. The molecule has 1 unspecified atom stereocenters. The van der Waals surface area contributed by atoms with Gasteiger partial charge in [-0.3, -0.25) is 4.90 Å². The van der Waals surface area contributed by atoms with E-state index < -0.39 is 11.7 Å². The van der Waals surface area contributed by atoms with Crippen LogP contribution in [-0.2, 0) is 10.9 Å². The zero-order chi connectivity index (χ0) is 17.5. The van der Waals surface area contributed by atoms with E-state index in [9.17, 15) is 18.1 Å². The van der Waals surface area contributed by atoms with E-state index in [1.807, 2.05) is 19.0 Å². The van der Waals surface area contributed by atoms with Crippen molar-refractivity contribution in [2.75, 3.05) is 40.4 Å². The van der Waals surface area contributed by atoms with Gasteiger partial charge in [0.05, 0.1) is 23.3 Å². The zero-order valence-corrected chi connectivity index (χ0v) is 13.4. The topological polar surface area (TPSA) is 59.4 Å². The van der Waals surface area contributed by atoms with E-state index in [-0.39, 0.29) is 11.8 Å². The lowest BCUT2D eigenvalue weighted by Gasteiger charge is -2.34. The first-order valence-electron chi connectivity index (χ1n) is 7.51. The van der Waals surface area contributed by atoms with Gasteiger partial charge < -0.3 is 4.74 Å². The normalized spacial score (nSPS) is 18.4. The molecule has 0 amide bonds. The molecular weight excluding hydrogens is 327 g/mol. The Morgan fingerprint density at radius 1 is 1.29 bits per heavy atom. The predicted octanol–water partition coefficient (Wildman–Crippen LogP) is 1.25. The summed E-state index contributed by atoms with van der Waals surface area (Å²) in [6, 6.07) is 3.17. The summed E-state index contributed by atoms with van der Waals surface area (Å²) in [5.41, 5.74) is -0.494. The van der Waals surface area contributed by atoms with Crippen molar-refractivity contribution in [3.63, 3.8) is 0 Å². The molecule has 0 spiro atoms. The third-order valence-corrected chi connectivity index (χ3v) is 4.04. The first kappa shape index (κ1) is 16.9. The average Bonchev–Trinajstić information content (AvgIpc) is 2.84. The van der Waals surface area contributed by atoms with Gasteiger partial charge in [0, 0.05) is 19.2 Å².